The molecule has 0 N–H and O–H groups in total. The van der Waals surface area contributed by atoms with E-state index in [1.54, 1.807) is 11.9 Å². The summed E-state index contributed by atoms with van der Waals surface area (Å²) in [5, 5.41) is 0. The van der Waals surface area contributed by atoms with Gasteiger partial charge in [-0.25, -0.2) is 4.98 Å². The van der Waals surface area contributed by atoms with Gasteiger partial charge in [0.25, 0.3) is 5.91 Å². The molecule has 1 aromatic carbocycles. The molecule has 0 aliphatic carbocycles. The highest BCUT2D eigenvalue weighted by atomic mass is 16.3. The second-order valence-corrected chi connectivity index (χ2v) is 6.73. The summed E-state index contributed by atoms with van der Waals surface area (Å²) in [6.45, 7) is 5.68. The van der Waals surface area contributed by atoms with E-state index < -0.39 is 0 Å². The number of hydrogen-bond acceptors (Lipinski definition) is 4. The van der Waals surface area contributed by atoms with Crippen LogP contribution in [0.4, 0.5) is 0 Å². The highest BCUT2D eigenvalue weighted by molar-refractivity contribution is 5.91. The van der Waals surface area contributed by atoms with E-state index in [4.69, 9.17) is 4.42 Å². The highest BCUT2D eigenvalue weighted by Crippen LogP contribution is 2.18. The molecule has 24 heavy (non-hydrogen) atoms. The van der Waals surface area contributed by atoms with Crippen LogP contribution < -0.4 is 0 Å². The molecule has 0 unspecified atom stereocenters. The lowest BCUT2D eigenvalue weighted by molar-refractivity contribution is 0.0779. The predicted molar refractivity (Wildman–Crippen MR) is 92.4 cm³/mol. The summed E-state index contributed by atoms with van der Waals surface area (Å²) in [6.07, 6.45) is 3.91. The maximum absolute atomic E-state index is 12.5. The zero-order valence-electron chi connectivity index (χ0n) is 14.4. The van der Waals surface area contributed by atoms with Crippen molar-refractivity contribution in [2.24, 2.45) is 5.92 Å². The molecule has 1 amide bonds. The molecule has 1 aromatic heterocycles. The Labute approximate surface area is 143 Å². The Morgan fingerprint density at radius 2 is 2.00 bits per heavy atom. The Hall–Kier alpha value is -2.14. The van der Waals surface area contributed by atoms with Crippen molar-refractivity contribution < 1.29 is 9.21 Å². The van der Waals surface area contributed by atoms with Gasteiger partial charge in [-0.3, -0.25) is 9.69 Å². The fourth-order valence-corrected chi connectivity index (χ4v) is 3.02. The van der Waals surface area contributed by atoms with Crippen molar-refractivity contribution in [2.75, 3.05) is 20.1 Å². The van der Waals surface area contributed by atoms with Crippen LogP contribution in [0.25, 0.3) is 0 Å². The average molecular weight is 327 g/mol. The summed E-state index contributed by atoms with van der Waals surface area (Å²) >= 11 is 0. The van der Waals surface area contributed by atoms with Gasteiger partial charge >= 0.3 is 0 Å². The van der Waals surface area contributed by atoms with Gasteiger partial charge in [0.05, 0.1) is 6.54 Å². The van der Waals surface area contributed by atoms with E-state index in [9.17, 15) is 4.79 Å². The van der Waals surface area contributed by atoms with Crippen LogP contribution in [0.15, 0.2) is 41.0 Å². The highest BCUT2D eigenvalue weighted by Gasteiger charge is 2.20. The molecule has 2 heterocycles. The number of benzene rings is 1. The maximum Gasteiger partial charge on any atom is 0.275 e. The first-order chi connectivity index (χ1) is 11.6. The van der Waals surface area contributed by atoms with Crippen LogP contribution in [-0.2, 0) is 13.1 Å². The number of aromatic nitrogens is 1. The molecule has 0 radical (unpaired) electrons. The molecule has 5 heteroatoms. The Balaban J connectivity index is 1.57. The van der Waals surface area contributed by atoms with Gasteiger partial charge in [0, 0.05) is 13.6 Å². The number of oxazole rings is 1. The molecule has 1 aliphatic heterocycles. The van der Waals surface area contributed by atoms with Gasteiger partial charge in [-0.1, -0.05) is 37.3 Å². The van der Waals surface area contributed by atoms with E-state index in [-0.39, 0.29) is 5.91 Å². The lowest BCUT2D eigenvalue weighted by atomic mass is 9.99. The van der Waals surface area contributed by atoms with Crippen LogP contribution in [0.5, 0.6) is 0 Å². The number of piperidine rings is 1. The van der Waals surface area contributed by atoms with Gasteiger partial charge in [-0.05, 0) is 37.4 Å². The third kappa shape index (κ3) is 4.23. The number of amides is 1. The Bertz CT molecular complexity index is 660. The fraction of sp³-hybridized carbons (Fsp3) is 0.474. The van der Waals surface area contributed by atoms with Gasteiger partial charge in [-0.2, -0.15) is 0 Å². The third-order valence-electron chi connectivity index (χ3n) is 4.62. The first-order valence-corrected chi connectivity index (χ1v) is 8.58. The minimum atomic E-state index is -0.110. The molecule has 0 spiro atoms. The molecule has 1 saturated heterocycles. The van der Waals surface area contributed by atoms with Crippen LogP contribution >= 0.6 is 0 Å². The molecular weight excluding hydrogens is 302 g/mol. The summed E-state index contributed by atoms with van der Waals surface area (Å²) < 4.78 is 5.52. The second kappa shape index (κ2) is 7.62. The Morgan fingerprint density at radius 3 is 2.71 bits per heavy atom. The largest absolute Gasteiger partial charge is 0.447 e. The van der Waals surface area contributed by atoms with Crippen molar-refractivity contribution in [1.82, 2.24) is 14.8 Å². The number of carbonyl (C=O) groups excluding carboxylic acids is 1. The first-order valence-electron chi connectivity index (χ1n) is 8.58. The number of carbonyl (C=O) groups is 1. The maximum atomic E-state index is 12.5. The third-order valence-corrected chi connectivity index (χ3v) is 4.62. The number of rotatable bonds is 5. The van der Waals surface area contributed by atoms with E-state index in [1.807, 2.05) is 30.3 Å². The lowest BCUT2D eigenvalue weighted by Gasteiger charge is -2.28. The Morgan fingerprint density at radius 1 is 1.29 bits per heavy atom. The van der Waals surface area contributed by atoms with Crippen LogP contribution in [0, 0.1) is 5.92 Å². The molecule has 0 bridgehead atoms. The molecule has 0 saturated carbocycles. The SMILES string of the molecule is CC1CCN(Cc2nc(C(=O)N(C)Cc3ccccc3)co2)CC1. The van der Waals surface area contributed by atoms with Crippen molar-refractivity contribution >= 4 is 5.91 Å². The van der Waals surface area contributed by atoms with Crippen molar-refractivity contribution in [3.05, 3.63) is 53.7 Å². The standard InChI is InChI=1S/C19H25N3O2/c1-15-8-10-22(11-9-15)13-18-20-17(14-24-18)19(23)21(2)12-16-6-4-3-5-7-16/h3-7,14-15H,8-13H2,1-2H3. The molecule has 1 fully saturated rings. The number of nitrogens with zero attached hydrogens (tertiary/aromatic N) is 3. The normalized spacial score (nSPS) is 16.2. The van der Waals surface area contributed by atoms with Crippen LogP contribution in [-0.4, -0.2) is 40.8 Å². The monoisotopic (exact) mass is 327 g/mol. The van der Waals surface area contributed by atoms with E-state index in [0.29, 0.717) is 24.7 Å². The van der Waals surface area contributed by atoms with Gasteiger partial charge in [-0.15, -0.1) is 0 Å². The van der Waals surface area contributed by atoms with Crippen LogP contribution in [0.1, 0.15) is 41.7 Å². The van der Waals surface area contributed by atoms with Crippen LogP contribution in [0.3, 0.4) is 0 Å². The average Bonchev–Trinajstić information content (AvgIpc) is 3.05. The summed E-state index contributed by atoms with van der Waals surface area (Å²) in [6, 6.07) is 9.93. The second-order valence-electron chi connectivity index (χ2n) is 6.73. The minimum absolute atomic E-state index is 0.110. The van der Waals surface area contributed by atoms with Gasteiger partial charge in [0.1, 0.15) is 6.26 Å². The van der Waals surface area contributed by atoms with E-state index in [1.165, 1.54) is 19.1 Å². The van der Waals surface area contributed by atoms with Crippen molar-refractivity contribution in [2.45, 2.75) is 32.9 Å². The van der Waals surface area contributed by atoms with E-state index in [2.05, 4.69) is 16.8 Å². The predicted octanol–water partition coefficient (Wildman–Crippen LogP) is 3.18. The number of hydrogen-bond donors (Lipinski definition) is 0. The molecule has 3 rings (SSSR count). The topological polar surface area (TPSA) is 49.6 Å². The smallest absolute Gasteiger partial charge is 0.275 e. The summed E-state index contributed by atoms with van der Waals surface area (Å²) in [4.78, 5) is 20.9. The Kier molecular flexibility index (Phi) is 5.30. The van der Waals surface area contributed by atoms with Gasteiger partial charge in [0.2, 0.25) is 5.89 Å². The van der Waals surface area contributed by atoms with Crippen molar-refractivity contribution in [1.29, 1.82) is 0 Å². The summed E-state index contributed by atoms with van der Waals surface area (Å²) in [7, 11) is 1.79. The molecule has 128 valence electrons. The summed E-state index contributed by atoms with van der Waals surface area (Å²) in [5.41, 5.74) is 1.48. The molecule has 1 aliphatic rings. The zero-order valence-corrected chi connectivity index (χ0v) is 14.4. The molecular formula is C19H25N3O2. The fourth-order valence-electron chi connectivity index (χ4n) is 3.02. The van der Waals surface area contributed by atoms with E-state index >= 15 is 0 Å². The zero-order chi connectivity index (χ0) is 16.9. The quantitative estimate of drug-likeness (QED) is 0.846. The van der Waals surface area contributed by atoms with Crippen molar-refractivity contribution in [3.63, 3.8) is 0 Å². The number of likely N-dealkylation sites (tertiary alicyclic amines) is 1. The van der Waals surface area contributed by atoms with Crippen LogP contribution in [0.2, 0.25) is 0 Å². The van der Waals surface area contributed by atoms with Gasteiger partial charge in [0.15, 0.2) is 5.69 Å². The minimum Gasteiger partial charge on any atom is -0.447 e. The van der Waals surface area contributed by atoms with Gasteiger partial charge < -0.3 is 9.32 Å². The first kappa shape index (κ1) is 16.7. The molecule has 2 aromatic rings. The molecule has 5 nitrogen and oxygen atoms in total. The van der Waals surface area contributed by atoms with Crippen molar-refractivity contribution in [3.8, 4) is 0 Å². The van der Waals surface area contributed by atoms with E-state index in [0.717, 1.165) is 24.6 Å². The molecule has 0 atom stereocenters. The summed E-state index contributed by atoms with van der Waals surface area (Å²) in [5.74, 6) is 1.32. The lowest BCUT2D eigenvalue weighted by Crippen LogP contribution is -2.32.